The molecule has 0 bridgehead atoms. The van der Waals surface area contributed by atoms with Crippen LogP contribution in [0.2, 0.25) is 5.02 Å². The van der Waals surface area contributed by atoms with Gasteiger partial charge < -0.3 is 10.5 Å². The fourth-order valence-electron chi connectivity index (χ4n) is 2.10. The van der Waals surface area contributed by atoms with Crippen LogP contribution < -0.4 is 10.5 Å². The van der Waals surface area contributed by atoms with Gasteiger partial charge in [0, 0.05) is 10.6 Å². The van der Waals surface area contributed by atoms with E-state index in [9.17, 15) is 4.39 Å². The number of rotatable bonds is 3. The molecule has 2 N–H and O–H groups in total. The molecule has 0 fully saturated rings. The van der Waals surface area contributed by atoms with E-state index in [2.05, 4.69) is 0 Å². The zero-order valence-corrected chi connectivity index (χ0v) is 11.5. The third-order valence-electron chi connectivity index (χ3n) is 3.18. The van der Waals surface area contributed by atoms with Crippen LogP contribution in [0.3, 0.4) is 0 Å². The molecule has 4 heteroatoms. The molecule has 2 aromatic carbocycles. The highest BCUT2D eigenvalue weighted by Crippen LogP contribution is 2.35. The SMILES string of the molecule is COc1cccc(C(C)(N)c2ccccc2Cl)c1F. The molecular weight excluding hydrogens is 265 g/mol. The average Bonchev–Trinajstić information content (AvgIpc) is 2.39. The Kier molecular flexibility index (Phi) is 3.78. The van der Waals surface area contributed by atoms with E-state index < -0.39 is 11.4 Å². The Labute approximate surface area is 117 Å². The Balaban J connectivity index is 2.60. The summed E-state index contributed by atoms with van der Waals surface area (Å²) in [7, 11) is 1.42. The van der Waals surface area contributed by atoms with Crippen molar-refractivity contribution in [3.8, 4) is 5.75 Å². The number of hydrogen-bond acceptors (Lipinski definition) is 2. The molecule has 0 spiro atoms. The van der Waals surface area contributed by atoms with Crippen LogP contribution in [0.15, 0.2) is 42.5 Å². The molecule has 0 aliphatic carbocycles. The van der Waals surface area contributed by atoms with Gasteiger partial charge in [-0.15, -0.1) is 0 Å². The summed E-state index contributed by atoms with van der Waals surface area (Å²) in [5, 5.41) is 0.509. The van der Waals surface area contributed by atoms with Crippen molar-refractivity contribution in [2.45, 2.75) is 12.5 Å². The van der Waals surface area contributed by atoms with E-state index in [0.717, 1.165) is 0 Å². The van der Waals surface area contributed by atoms with Crippen molar-refractivity contribution in [1.82, 2.24) is 0 Å². The van der Waals surface area contributed by atoms with Crippen LogP contribution in [0.1, 0.15) is 18.1 Å². The van der Waals surface area contributed by atoms with Crippen molar-refractivity contribution in [1.29, 1.82) is 0 Å². The smallest absolute Gasteiger partial charge is 0.170 e. The quantitative estimate of drug-likeness (QED) is 0.929. The Morgan fingerprint density at radius 1 is 1.11 bits per heavy atom. The lowest BCUT2D eigenvalue weighted by molar-refractivity contribution is 0.379. The molecule has 0 radical (unpaired) electrons. The van der Waals surface area contributed by atoms with Gasteiger partial charge in [-0.3, -0.25) is 0 Å². The molecule has 1 atom stereocenters. The van der Waals surface area contributed by atoms with Crippen LogP contribution >= 0.6 is 11.6 Å². The van der Waals surface area contributed by atoms with E-state index in [-0.39, 0.29) is 5.75 Å². The van der Waals surface area contributed by atoms with Crippen molar-refractivity contribution in [3.63, 3.8) is 0 Å². The summed E-state index contributed by atoms with van der Waals surface area (Å²) >= 11 is 6.15. The minimum absolute atomic E-state index is 0.168. The molecule has 2 rings (SSSR count). The molecule has 19 heavy (non-hydrogen) atoms. The summed E-state index contributed by atoms with van der Waals surface area (Å²) in [4.78, 5) is 0. The van der Waals surface area contributed by atoms with E-state index >= 15 is 0 Å². The Hall–Kier alpha value is -1.58. The van der Waals surface area contributed by atoms with Gasteiger partial charge in [0.2, 0.25) is 0 Å². The van der Waals surface area contributed by atoms with Gasteiger partial charge in [-0.1, -0.05) is 41.9 Å². The van der Waals surface area contributed by atoms with E-state index in [1.807, 2.05) is 12.1 Å². The van der Waals surface area contributed by atoms with E-state index in [1.165, 1.54) is 7.11 Å². The Morgan fingerprint density at radius 2 is 1.74 bits per heavy atom. The minimum Gasteiger partial charge on any atom is -0.494 e. The van der Waals surface area contributed by atoms with E-state index in [0.29, 0.717) is 16.1 Å². The van der Waals surface area contributed by atoms with Crippen molar-refractivity contribution in [3.05, 3.63) is 64.4 Å². The molecule has 0 aromatic heterocycles. The first kappa shape index (κ1) is 13.8. The second-order valence-electron chi connectivity index (χ2n) is 4.50. The summed E-state index contributed by atoms with van der Waals surface area (Å²) in [6, 6.07) is 12.1. The van der Waals surface area contributed by atoms with Crippen LogP contribution in [0.25, 0.3) is 0 Å². The molecule has 0 saturated carbocycles. The van der Waals surface area contributed by atoms with Crippen molar-refractivity contribution >= 4 is 11.6 Å². The first-order valence-corrected chi connectivity index (χ1v) is 6.23. The number of halogens is 2. The number of methoxy groups -OCH3 is 1. The van der Waals surface area contributed by atoms with Crippen LogP contribution in [-0.2, 0) is 5.54 Å². The molecule has 0 aliphatic rings. The predicted octanol–water partition coefficient (Wildman–Crippen LogP) is 3.71. The van der Waals surface area contributed by atoms with Crippen LogP contribution in [0, 0.1) is 5.82 Å². The summed E-state index contributed by atoms with van der Waals surface area (Å²) in [5.74, 6) is -0.295. The molecular formula is C15H15ClFNO. The maximum Gasteiger partial charge on any atom is 0.170 e. The zero-order valence-electron chi connectivity index (χ0n) is 10.8. The van der Waals surface area contributed by atoms with Crippen LogP contribution in [0.4, 0.5) is 4.39 Å². The van der Waals surface area contributed by atoms with E-state index in [4.69, 9.17) is 22.1 Å². The molecule has 2 nitrogen and oxygen atoms in total. The van der Waals surface area contributed by atoms with Gasteiger partial charge in [0.25, 0.3) is 0 Å². The standard InChI is InChI=1S/C15H15ClFNO/c1-15(18,10-6-3-4-8-12(10)16)11-7-5-9-13(19-2)14(11)17/h3-9H,18H2,1-2H3. The number of nitrogens with two attached hydrogens (primary N) is 1. The highest BCUT2D eigenvalue weighted by atomic mass is 35.5. The summed E-state index contributed by atoms with van der Waals surface area (Å²) in [6.07, 6.45) is 0. The van der Waals surface area contributed by atoms with Gasteiger partial charge in [-0.2, -0.15) is 0 Å². The van der Waals surface area contributed by atoms with Gasteiger partial charge in [-0.25, -0.2) is 4.39 Å². The van der Waals surface area contributed by atoms with Crippen molar-refractivity contribution in [2.24, 2.45) is 5.73 Å². The fourth-order valence-corrected chi connectivity index (χ4v) is 2.43. The number of ether oxygens (including phenoxy) is 1. The van der Waals surface area contributed by atoms with Crippen molar-refractivity contribution in [2.75, 3.05) is 7.11 Å². The van der Waals surface area contributed by atoms with Gasteiger partial charge in [0.15, 0.2) is 11.6 Å². The minimum atomic E-state index is -1.03. The monoisotopic (exact) mass is 279 g/mol. The lowest BCUT2D eigenvalue weighted by Crippen LogP contribution is -2.35. The summed E-state index contributed by atoms with van der Waals surface area (Å²) in [5.41, 5.74) is 6.29. The molecule has 1 unspecified atom stereocenters. The van der Waals surface area contributed by atoms with Crippen molar-refractivity contribution < 1.29 is 9.13 Å². The van der Waals surface area contributed by atoms with Gasteiger partial charge in [-0.05, 0) is 24.6 Å². The molecule has 0 saturated heterocycles. The maximum atomic E-state index is 14.3. The highest BCUT2D eigenvalue weighted by Gasteiger charge is 2.30. The second-order valence-corrected chi connectivity index (χ2v) is 4.91. The van der Waals surface area contributed by atoms with Crippen LogP contribution in [-0.4, -0.2) is 7.11 Å². The van der Waals surface area contributed by atoms with Gasteiger partial charge >= 0.3 is 0 Å². The lowest BCUT2D eigenvalue weighted by Gasteiger charge is -2.27. The Bertz CT molecular complexity index is 598. The topological polar surface area (TPSA) is 35.2 Å². The largest absolute Gasteiger partial charge is 0.494 e. The normalized spacial score (nSPS) is 13.9. The second kappa shape index (κ2) is 5.19. The van der Waals surface area contributed by atoms with Gasteiger partial charge in [0.1, 0.15) is 0 Å². The first-order valence-electron chi connectivity index (χ1n) is 5.85. The summed E-state index contributed by atoms with van der Waals surface area (Å²) in [6.45, 7) is 1.73. The third kappa shape index (κ3) is 2.44. The number of hydrogen-bond donors (Lipinski definition) is 1. The molecule has 0 amide bonds. The molecule has 100 valence electrons. The van der Waals surface area contributed by atoms with Crippen LogP contribution in [0.5, 0.6) is 5.75 Å². The summed E-state index contributed by atoms with van der Waals surface area (Å²) < 4.78 is 19.3. The fraction of sp³-hybridized carbons (Fsp3) is 0.200. The zero-order chi connectivity index (χ0) is 14.0. The Morgan fingerprint density at radius 3 is 2.37 bits per heavy atom. The van der Waals surface area contributed by atoms with Gasteiger partial charge in [0.05, 0.1) is 12.6 Å². The highest BCUT2D eigenvalue weighted by molar-refractivity contribution is 6.31. The predicted molar refractivity (Wildman–Crippen MR) is 75.0 cm³/mol. The average molecular weight is 280 g/mol. The third-order valence-corrected chi connectivity index (χ3v) is 3.51. The van der Waals surface area contributed by atoms with E-state index in [1.54, 1.807) is 37.3 Å². The maximum absolute atomic E-state index is 14.3. The molecule has 0 aliphatic heterocycles. The lowest BCUT2D eigenvalue weighted by atomic mass is 9.85. The molecule has 2 aromatic rings. The molecule has 0 heterocycles. The first-order chi connectivity index (χ1) is 8.98. The number of benzene rings is 2.